The predicted molar refractivity (Wildman–Crippen MR) is 8.54 cm³/mol. The molecule has 0 saturated carbocycles. The fraction of sp³-hybridized carbons (Fsp3) is 0. The van der Waals surface area contributed by atoms with Gasteiger partial charge in [-0.15, -0.1) is 0 Å². The first kappa shape index (κ1) is 33.3. The summed E-state index contributed by atoms with van der Waals surface area (Å²) < 4.78 is 0. The number of rotatable bonds is 0. The standard InChI is InChI=1S/Cr.Mg.Mn.Ni.2H. The monoisotopic (exact) mass is 191 g/mol. The number of hydrogen-bond acceptors (Lipinski definition) is 0. The van der Waals surface area contributed by atoms with Crippen LogP contribution < -0.4 is 0 Å². The number of hydrogen-bond donors (Lipinski definition) is 0. The molecule has 0 N–H and O–H groups in total. The summed E-state index contributed by atoms with van der Waals surface area (Å²) in [6, 6.07) is 0. The minimum Gasteiger partial charge on any atom is 0 e. The summed E-state index contributed by atoms with van der Waals surface area (Å²) in [6.07, 6.45) is 0. The van der Waals surface area contributed by atoms with Crippen LogP contribution >= 0.6 is 0 Å². The van der Waals surface area contributed by atoms with Gasteiger partial charge in [0.25, 0.3) is 0 Å². The Morgan fingerprint density at radius 1 is 1.00 bits per heavy atom. The third-order valence-corrected chi connectivity index (χ3v) is 0. The molecule has 0 aromatic carbocycles. The van der Waals surface area contributed by atoms with E-state index < -0.39 is 0 Å². The smallest absolute Gasteiger partial charge is 0 e. The van der Waals surface area contributed by atoms with E-state index in [9.17, 15) is 0 Å². The summed E-state index contributed by atoms with van der Waals surface area (Å²) in [6.45, 7) is 0. The normalized spacial score (nSPS) is 0. The average Bonchev–Trinajstić information content (AvgIpc) is 0. The molecule has 0 heterocycles. The van der Waals surface area contributed by atoms with Gasteiger partial charge in [-0.05, 0) is 0 Å². The van der Waals surface area contributed by atoms with Gasteiger partial charge in [-0.2, -0.15) is 0 Å². The molecule has 0 fully saturated rings. The van der Waals surface area contributed by atoms with Crippen molar-refractivity contribution in [2.45, 2.75) is 0 Å². The molecule has 1 radical (unpaired) electrons. The molecule has 0 unspecified atom stereocenters. The van der Waals surface area contributed by atoms with Crippen molar-refractivity contribution < 1.29 is 50.9 Å². The molecule has 0 aliphatic rings. The van der Waals surface area contributed by atoms with Gasteiger partial charge in [0.15, 0.2) is 0 Å². The zero-order valence-corrected chi connectivity index (χ0v) is 4.55. The van der Waals surface area contributed by atoms with E-state index in [1.165, 1.54) is 0 Å². The van der Waals surface area contributed by atoms with E-state index >= 15 is 0 Å². The molecule has 0 amide bonds. The van der Waals surface area contributed by atoms with Crippen molar-refractivity contribution in [3.63, 3.8) is 0 Å². The van der Waals surface area contributed by atoms with Crippen molar-refractivity contribution in [2.24, 2.45) is 0 Å². The maximum Gasteiger partial charge on any atom is 0.316 e. The van der Waals surface area contributed by atoms with E-state index in [-0.39, 0.29) is 74.0 Å². The third kappa shape index (κ3) is 8.85. The van der Waals surface area contributed by atoms with Crippen LogP contribution in [0.25, 0.3) is 0 Å². The van der Waals surface area contributed by atoms with Crippen LogP contribution in [0, 0.1) is 0 Å². The van der Waals surface area contributed by atoms with Gasteiger partial charge in [0.1, 0.15) is 0 Å². The summed E-state index contributed by atoms with van der Waals surface area (Å²) in [7, 11) is 0. The van der Waals surface area contributed by atoms with Crippen LogP contribution in [-0.4, -0.2) is 23.1 Å². The molecule has 4 heteroatoms. The second-order valence-electron chi connectivity index (χ2n) is 0. The van der Waals surface area contributed by atoms with Gasteiger partial charge in [0.2, 0.25) is 0 Å². The summed E-state index contributed by atoms with van der Waals surface area (Å²) >= 11 is 0. The van der Waals surface area contributed by atoms with Crippen molar-refractivity contribution in [2.75, 3.05) is 0 Å². The first-order chi connectivity index (χ1) is 0. The minimum atomic E-state index is 0. The largest absolute Gasteiger partial charge is 0.316 e. The summed E-state index contributed by atoms with van der Waals surface area (Å²) in [5, 5.41) is 0. The first-order valence-electron chi connectivity index (χ1n) is 0. The molecule has 4 heavy (non-hydrogen) atoms. The van der Waals surface area contributed by atoms with Crippen LogP contribution in [-0.2, 0) is 50.9 Å². The summed E-state index contributed by atoms with van der Waals surface area (Å²) in [5.41, 5.74) is 0. The van der Waals surface area contributed by atoms with Gasteiger partial charge in [0.05, 0.1) is 0 Å². The zero-order chi connectivity index (χ0) is 0. The summed E-state index contributed by atoms with van der Waals surface area (Å²) in [5.74, 6) is 0. The fourth-order valence-corrected chi connectivity index (χ4v) is 0. The van der Waals surface area contributed by atoms with Crippen LogP contribution in [0.2, 0.25) is 0 Å². The first-order valence-corrected chi connectivity index (χ1v) is 0. The Kier molecular flexibility index (Phi) is 154. The topological polar surface area (TPSA) is 0 Å². The Bertz CT molecular complexity index is 8.00. The van der Waals surface area contributed by atoms with E-state index in [4.69, 9.17) is 0 Å². The second kappa shape index (κ2) is 18.5. The molecular weight excluding hydrogens is 190 g/mol. The minimum absolute atomic E-state index is 0. The van der Waals surface area contributed by atoms with Gasteiger partial charge >= 0.3 is 23.1 Å². The Morgan fingerprint density at radius 2 is 1.00 bits per heavy atom. The molecule has 0 rings (SSSR count). The van der Waals surface area contributed by atoms with Crippen molar-refractivity contribution in [1.82, 2.24) is 0 Å². The molecule has 0 aliphatic heterocycles. The molecule has 0 aliphatic carbocycles. The van der Waals surface area contributed by atoms with Crippen molar-refractivity contribution >= 4 is 23.1 Å². The van der Waals surface area contributed by atoms with Crippen molar-refractivity contribution in [3.05, 3.63) is 0 Å². The Labute approximate surface area is 73.2 Å². The van der Waals surface area contributed by atoms with Crippen LogP contribution in [0.3, 0.4) is 0 Å². The second-order valence-corrected chi connectivity index (χ2v) is 0. The summed E-state index contributed by atoms with van der Waals surface area (Å²) in [4.78, 5) is 0. The van der Waals surface area contributed by atoms with Crippen LogP contribution in [0.5, 0.6) is 0 Å². The van der Waals surface area contributed by atoms with E-state index in [0.29, 0.717) is 0 Å². The van der Waals surface area contributed by atoms with Crippen LogP contribution in [0.4, 0.5) is 0 Å². The quantitative estimate of drug-likeness (QED) is 0.435. The molecule has 0 aromatic heterocycles. The van der Waals surface area contributed by atoms with Crippen LogP contribution in [0.15, 0.2) is 0 Å². The van der Waals surface area contributed by atoms with E-state index in [2.05, 4.69) is 0 Å². The van der Waals surface area contributed by atoms with Gasteiger partial charge in [-0.1, -0.05) is 0 Å². The van der Waals surface area contributed by atoms with Gasteiger partial charge in [0, 0.05) is 50.9 Å². The molecule has 0 atom stereocenters. The molecule has 0 bridgehead atoms. The van der Waals surface area contributed by atoms with Gasteiger partial charge in [-0.25, -0.2) is 0 Å². The molecule has 27 valence electrons. The van der Waals surface area contributed by atoms with Crippen LogP contribution in [0.1, 0.15) is 0 Å². The zero-order valence-electron chi connectivity index (χ0n) is 1.10. The predicted octanol–water partition coefficient (Wildman–Crippen LogP) is -0.924. The Balaban J connectivity index is 0. The Morgan fingerprint density at radius 3 is 1.00 bits per heavy atom. The SMILES string of the molecule is [Cr].[MgH2].[Mn].[Ni]. The van der Waals surface area contributed by atoms with Crippen molar-refractivity contribution in [3.8, 4) is 0 Å². The fourth-order valence-electron chi connectivity index (χ4n) is 0. The molecule has 0 aromatic rings. The van der Waals surface area contributed by atoms with E-state index in [1.807, 2.05) is 0 Å². The van der Waals surface area contributed by atoms with E-state index in [1.54, 1.807) is 0 Å². The van der Waals surface area contributed by atoms with Gasteiger partial charge in [-0.3, -0.25) is 0 Å². The van der Waals surface area contributed by atoms with Gasteiger partial charge < -0.3 is 0 Å². The Hall–Kier alpha value is 2.31. The molecular formula is H2CrMgMnNi. The third-order valence-electron chi connectivity index (χ3n) is 0. The average molecular weight is 192 g/mol. The molecule has 0 nitrogen and oxygen atoms in total. The van der Waals surface area contributed by atoms with E-state index in [0.717, 1.165) is 0 Å². The molecule has 0 spiro atoms. The maximum atomic E-state index is 0. The van der Waals surface area contributed by atoms with Crippen molar-refractivity contribution in [1.29, 1.82) is 0 Å². The maximum absolute atomic E-state index is 0. The molecule has 0 saturated heterocycles.